The van der Waals surface area contributed by atoms with Gasteiger partial charge in [0.05, 0.1) is 5.56 Å². The molecule has 4 rings (SSSR count). The van der Waals surface area contributed by atoms with Crippen molar-refractivity contribution in [3.63, 3.8) is 0 Å². The molecule has 6 nitrogen and oxygen atoms in total. The third-order valence-electron chi connectivity index (χ3n) is 5.19. The molecule has 1 saturated heterocycles. The Labute approximate surface area is 171 Å². The summed E-state index contributed by atoms with van der Waals surface area (Å²) in [6, 6.07) is 9.38. The van der Waals surface area contributed by atoms with Crippen LogP contribution in [-0.2, 0) is 11.0 Å². The van der Waals surface area contributed by atoms with E-state index in [1.807, 2.05) is 12.1 Å². The van der Waals surface area contributed by atoms with Crippen LogP contribution < -0.4 is 14.2 Å². The Morgan fingerprint density at radius 3 is 2.37 bits per heavy atom. The standard InChI is InChI=1S/C21H21F3N2O4/c1-13-19(30-17-5-3-2-4-16(17)28-13)20(27)26-10-8-15(9-11-26)29-18-7-6-14(12-25-18)21(22,23)24/h2-7,12-13,15,19H,8-11H2,1H3/t13-,19-/m0/s1. The van der Waals surface area contributed by atoms with E-state index in [1.54, 1.807) is 24.0 Å². The minimum atomic E-state index is -4.43. The highest BCUT2D eigenvalue weighted by Gasteiger charge is 2.38. The second-order valence-electron chi connectivity index (χ2n) is 7.33. The average Bonchev–Trinajstić information content (AvgIpc) is 2.73. The molecule has 1 aromatic heterocycles. The fourth-order valence-corrected chi connectivity index (χ4v) is 3.55. The van der Waals surface area contributed by atoms with Gasteiger partial charge in [-0.25, -0.2) is 4.98 Å². The number of para-hydroxylation sites is 2. The molecule has 30 heavy (non-hydrogen) atoms. The number of hydrogen-bond acceptors (Lipinski definition) is 5. The maximum absolute atomic E-state index is 12.9. The molecule has 1 amide bonds. The van der Waals surface area contributed by atoms with E-state index >= 15 is 0 Å². The Morgan fingerprint density at radius 1 is 1.10 bits per heavy atom. The van der Waals surface area contributed by atoms with Crippen LogP contribution >= 0.6 is 0 Å². The maximum Gasteiger partial charge on any atom is 0.417 e. The van der Waals surface area contributed by atoms with Crippen LogP contribution in [0.5, 0.6) is 17.4 Å². The second kappa shape index (κ2) is 8.04. The third kappa shape index (κ3) is 4.29. The van der Waals surface area contributed by atoms with Gasteiger partial charge in [0.15, 0.2) is 11.5 Å². The molecule has 1 aromatic carbocycles. The van der Waals surface area contributed by atoms with E-state index in [0.717, 1.165) is 12.3 Å². The number of amides is 1. The van der Waals surface area contributed by atoms with E-state index in [4.69, 9.17) is 14.2 Å². The minimum Gasteiger partial charge on any atom is -0.482 e. The number of likely N-dealkylation sites (tertiary alicyclic amines) is 1. The molecule has 2 aromatic rings. The first-order valence-corrected chi connectivity index (χ1v) is 9.72. The summed E-state index contributed by atoms with van der Waals surface area (Å²) in [5.74, 6) is 1.15. The predicted octanol–water partition coefficient (Wildman–Crippen LogP) is 3.70. The molecule has 2 atom stereocenters. The van der Waals surface area contributed by atoms with Gasteiger partial charge in [0.25, 0.3) is 5.91 Å². The van der Waals surface area contributed by atoms with Crippen molar-refractivity contribution in [3.05, 3.63) is 48.2 Å². The van der Waals surface area contributed by atoms with Gasteiger partial charge in [0.1, 0.15) is 12.2 Å². The van der Waals surface area contributed by atoms with Gasteiger partial charge in [-0.3, -0.25) is 4.79 Å². The largest absolute Gasteiger partial charge is 0.482 e. The van der Waals surface area contributed by atoms with Crippen molar-refractivity contribution in [3.8, 4) is 17.4 Å². The monoisotopic (exact) mass is 422 g/mol. The fourth-order valence-electron chi connectivity index (χ4n) is 3.55. The van der Waals surface area contributed by atoms with Crippen LogP contribution in [0.4, 0.5) is 13.2 Å². The highest BCUT2D eigenvalue weighted by atomic mass is 19.4. The number of carbonyl (C=O) groups is 1. The molecule has 0 N–H and O–H groups in total. The Kier molecular flexibility index (Phi) is 5.44. The zero-order chi connectivity index (χ0) is 21.3. The zero-order valence-corrected chi connectivity index (χ0v) is 16.3. The number of halogens is 3. The Balaban J connectivity index is 1.32. The number of aromatic nitrogens is 1. The Morgan fingerprint density at radius 2 is 1.77 bits per heavy atom. The van der Waals surface area contributed by atoms with Crippen molar-refractivity contribution in [2.45, 2.75) is 44.3 Å². The molecule has 2 aliphatic rings. The minimum absolute atomic E-state index is 0.141. The summed E-state index contributed by atoms with van der Waals surface area (Å²) in [4.78, 5) is 18.4. The first kappa shape index (κ1) is 20.3. The van der Waals surface area contributed by atoms with Crippen molar-refractivity contribution < 1.29 is 32.2 Å². The van der Waals surface area contributed by atoms with Crippen LogP contribution in [0.2, 0.25) is 0 Å². The number of fused-ring (bicyclic) bond motifs is 1. The van der Waals surface area contributed by atoms with Gasteiger partial charge >= 0.3 is 6.18 Å². The van der Waals surface area contributed by atoms with E-state index < -0.39 is 23.9 Å². The molecule has 0 unspecified atom stereocenters. The summed E-state index contributed by atoms with van der Waals surface area (Å²) in [5, 5.41) is 0. The second-order valence-corrected chi connectivity index (χ2v) is 7.33. The Bertz CT molecular complexity index is 896. The first-order valence-electron chi connectivity index (χ1n) is 9.72. The van der Waals surface area contributed by atoms with Crippen LogP contribution in [0, 0.1) is 0 Å². The molecule has 0 aliphatic carbocycles. The van der Waals surface area contributed by atoms with Crippen molar-refractivity contribution in [1.82, 2.24) is 9.88 Å². The summed E-state index contributed by atoms with van der Waals surface area (Å²) in [5.41, 5.74) is -0.819. The molecular formula is C21H21F3N2O4. The number of benzene rings is 1. The number of hydrogen-bond donors (Lipinski definition) is 0. The molecule has 3 heterocycles. The van der Waals surface area contributed by atoms with E-state index in [1.165, 1.54) is 6.07 Å². The van der Waals surface area contributed by atoms with Crippen LogP contribution in [0.1, 0.15) is 25.3 Å². The molecule has 1 fully saturated rings. The fraction of sp³-hybridized carbons (Fsp3) is 0.429. The molecule has 0 spiro atoms. The lowest BCUT2D eigenvalue weighted by Crippen LogP contribution is -2.53. The molecule has 0 saturated carbocycles. The molecule has 9 heteroatoms. The first-order chi connectivity index (χ1) is 14.3. The number of carbonyl (C=O) groups excluding carboxylic acids is 1. The topological polar surface area (TPSA) is 60.9 Å². The highest BCUT2D eigenvalue weighted by Crippen LogP contribution is 2.34. The zero-order valence-electron chi connectivity index (χ0n) is 16.3. The van der Waals surface area contributed by atoms with E-state index in [0.29, 0.717) is 37.4 Å². The van der Waals surface area contributed by atoms with Crippen LogP contribution in [-0.4, -0.2) is 47.2 Å². The third-order valence-corrected chi connectivity index (χ3v) is 5.19. The number of ether oxygens (including phenoxy) is 3. The number of pyridine rings is 1. The van der Waals surface area contributed by atoms with Gasteiger partial charge in [-0.1, -0.05) is 12.1 Å². The van der Waals surface area contributed by atoms with Crippen LogP contribution in [0.15, 0.2) is 42.6 Å². The smallest absolute Gasteiger partial charge is 0.417 e. The van der Waals surface area contributed by atoms with E-state index in [-0.39, 0.29) is 17.9 Å². The van der Waals surface area contributed by atoms with Crippen molar-refractivity contribution >= 4 is 5.91 Å². The molecule has 160 valence electrons. The average molecular weight is 422 g/mol. The Hall–Kier alpha value is -2.97. The van der Waals surface area contributed by atoms with Crippen molar-refractivity contribution in [1.29, 1.82) is 0 Å². The lowest BCUT2D eigenvalue weighted by molar-refractivity contribution is -0.146. The lowest BCUT2D eigenvalue weighted by Gasteiger charge is -2.37. The number of nitrogens with zero attached hydrogens (tertiary/aromatic N) is 2. The van der Waals surface area contributed by atoms with Gasteiger partial charge in [0, 0.05) is 38.2 Å². The van der Waals surface area contributed by atoms with Gasteiger partial charge < -0.3 is 19.1 Å². The van der Waals surface area contributed by atoms with Gasteiger partial charge in [-0.2, -0.15) is 13.2 Å². The van der Waals surface area contributed by atoms with Gasteiger partial charge in [-0.05, 0) is 25.1 Å². The molecular weight excluding hydrogens is 401 g/mol. The lowest BCUT2D eigenvalue weighted by atomic mass is 10.1. The summed E-state index contributed by atoms with van der Waals surface area (Å²) < 4.78 is 55.2. The summed E-state index contributed by atoms with van der Waals surface area (Å²) in [6.45, 7) is 2.71. The van der Waals surface area contributed by atoms with Crippen LogP contribution in [0.25, 0.3) is 0 Å². The maximum atomic E-state index is 12.9. The van der Waals surface area contributed by atoms with E-state index in [2.05, 4.69) is 4.98 Å². The predicted molar refractivity (Wildman–Crippen MR) is 100 cm³/mol. The van der Waals surface area contributed by atoms with Crippen molar-refractivity contribution in [2.24, 2.45) is 0 Å². The molecule has 0 radical (unpaired) electrons. The number of rotatable bonds is 3. The number of piperidine rings is 1. The summed E-state index contributed by atoms with van der Waals surface area (Å²) in [7, 11) is 0. The van der Waals surface area contributed by atoms with Gasteiger partial charge in [0.2, 0.25) is 12.0 Å². The van der Waals surface area contributed by atoms with Crippen molar-refractivity contribution in [2.75, 3.05) is 13.1 Å². The molecule has 2 aliphatic heterocycles. The van der Waals surface area contributed by atoms with Crippen LogP contribution in [0.3, 0.4) is 0 Å². The van der Waals surface area contributed by atoms with Gasteiger partial charge in [-0.15, -0.1) is 0 Å². The normalized spacial score (nSPS) is 21.9. The highest BCUT2D eigenvalue weighted by molar-refractivity contribution is 5.82. The quantitative estimate of drug-likeness (QED) is 0.755. The number of alkyl halides is 3. The SMILES string of the molecule is C[C@@H]1Oc2ccccc2O[C@@H]1C(=O)N1CCC(Oc2ccc(C(F)(F)F)cn2)CC1. The summed E-state index contributed by atoms with van der Waals surface area (Å²) >= 11 is 0. The van der Waals surface area contributed by atoms with E-state index in [9.17, 15) is 18.0 Å². The molecule has 0 bridgehead atoms. The summed E-state index contributed by atoms with van der Waals surface area (Å²) in [6.07, 6.45) is -3.94.